The Hall–Kier alpha value is -1.70. The Balaban J connectivity index is 1.67. The predicted molar refractivity (Wildman–Crippen MR) is 87.0 cm³/mol. The molecule has 1 aliphatic rings. The second-order valence-corrected chi connectivity index (χ2v) is 7.28. The van der Waals surface area contributed by atoms with E-state index in [1.54, 1.807) is 22.7 Å². The van der Waals surface area contributed by atoms with Gasteiger partial charge in [-0.3, -0.25) is 9.69 Å². The number of rotatable bonds is 6. The van der Waals surface area contributed by atoms with Gasteiger partial charge in [0.05, 0.1) is 9.75 Å². The van der Waals surface area contributed by atoms with Crippen LogP contribution in [0.5, 0.6) is 0 Å². The second-order valence-electron chi connectivity index (χ2n) is 5.22. The van der Waals surface area contributed by atoms with Gasteiger partial charge in [0.25, 0.3) is 5.91 Å². The Labute approximate surface area is 137 Å². The molecule has 0 atom stereocenters. The Morgan fingerprint density at radius 1 is 1.18 bits per heavy atom. The minimum atomic E-state index is -0.267. The van der Waals surface area contributed by atoms with E-state index < -0.39 is 0 Å². The fourth-order valence-corrected chi connectivity index (χ4v) is 4.08. The van der Waals surface area contributed by atoms with Crippen LogP contribution >= 0.6 is 22.7 Å². The molecule has 3 rings (SSSR count). The fraction of sp³-hybridized carbons (Fsp3) is 0.333. The number of nitrogens with one attached hydrogen (secondary N) is 2. The minimum Gasteiger partial charge on any atom is -0.336 e. The summed E-state index contributed by atoms with van der Waals surface area (Å²) < 4.78 is 0. The van der Waals surface area contributed by atoms with Crippen LogP contribution < -0.4 is 10.2 Å². The van der Waals surface area contributed by atoms with Crippen molar-refractivity contribution in [2.24, 2.45) is 0 Å². The van der Waals surface area contributed by atoms with Gasteiger partial charge in [-0.2, -0.15) is 0 Å². The third-order valence-corrected chi connectivity index (χ3v) is 5.32. The lowest BCUT2D eigenvalue weighted by atomic mass is 10.3. The average molecular weight is 336 g/mol. The van der Waals surface area contributed by atoms with Gasteiger partial charge in [0.1, 0.15) is 13.1 Å². The van der Waals surface area contributed by atoms with E-state index in [-0.39, 0.29) is 11.9 Å². The number of nitrogens with zero attached hydrogens (tertiary/aromatic N) is 1. The molecule has 2 aromatic heterocycles. The van der Waals surface area contributed by atoms with E-state index >= 15 is 0 Å². The van der Waals surface area contributed by atoms with Gasteiger partial charge in [-0.05, 0) is 22.9 Å². The second kappa shape index (κ2) is 7.04. The van der Waals surface area contributed by atoms with Crippen molar-refractivity contribution in [1.82, 2.24) is 10.2 Å². The van der Waals surface area contributed by atoms with Crippen LogP contribution in [0.1, 0.15) is 9.75 Å². The molecule has 22 heavy (non-hydrogen) atoms. The maximum absolute atomic E-state index is 12.4. The standard InChI is InChI=1S/C15H17N3O2S2/c19-14(18-6-5-16-15(18)20)11-17(9-12-3-1-7-21-12)10-13-4-2-8-22-13/h1-4,7-8H,5-6,9-11H2,(H,16,20)/p+1. The molecule has 0 spiro atoms. The van der Waals surface area contributed by atoms with Gasteiger partial charge in [0.2, 0.25) is 0 Å². The van der Waals surface area contributed by atoms with Crippen molar-refractivity contribution in [3.63, 3.8) is 0 Å². The monoisotopic (exact) mass is 336 g/mol. The summed E-state index contributed by atoms with van der Waals surface area (Å²) in [6.07, 6.45) is 0. The molecule has 2 aromatic rings. The van der Waals surface area contributed by atoms with E-state index in [1.165, 1.54) is 14.7 Å². The van der Waals surface area contributed by atoms with E-state index in [4.69, 9.17) is 0 Å². The SMILES string of the molecule is O=C(C[NH+](Cc1cccs1)Cc1cccs1)N1CCNC1=O. The van der Waals surface area contributed by atoms with E-state index in [0.717, 1.165) is 18.0 Å². The zero-order chi connectivity index (χ0) is 15.4. The summed E-state index contributed by atoms with van der Waals surface area (Å²) in [5.74, 6) is -0.0990. The molecule has 0 bridgehead atoms. The maximum Gasteiger partial charge on any atom is 0.324 e. The van der Waals surface area contributed by atoms with Gasteiger partial charge in [-0.1, -0.05) is 12.1 Å². The summed E-state index contributed by atoms with van der Waals surface area (Å²) in [7, 11) is 0. The lowest BCUT2D eigenvalue weighted by molar-refractivity contribution is -0.919. The number of hydrogen-bond donors (Lipinski definition) is 2. The van der Waals surface area contributed by atoms with E-state index in [1.807, 2.05) is 22.9 Å². The van der Waals surface area contributed by atoms with Crippen LogP contribution in [-0.4, -0.2) is 36.5 Å². The van der Waals surface area contributed by atoms with E-state index in [0.29, 0.717) is 19.6 Å². The first-order chi connectivity index (χ1) is 10.7. The van der Waals surface area contributed by atoms with Gasteiger partial charge in [0, 0.05) is 13.1 Å². The molecule has 2 N–H and O–H groups in total. The number of urea groups is 1. The van der Waals surface area contributed by atoms with Gasteiger partial charge in [0.15, 0.2) is 6.54 Å². The molecule has 3 amide bonds. The molecule has 116 valence electrons. The lowest BCUT2D eigenvalue weighted by Crippen LogP contribution is -3.10. The number of quaternary nitrogens is 1. The summed E-state index contributed by atoms with van der Waals surface area (Å²) in [4.78, 5) is 29.0. The molecular weight excluding hydrogens is 318 g/mol. The van der Waals surface area contributed by atoms with Gasteiger partial charge < -0.3 is 10.2 Å². The molecule has 3 heterocycles. The van der Waals surface area contributed by atoms with Crippen LogP contribution in [0.2, 0.25) is 0 Å². The Bertz CT molecular complexity index is 589. The number of thiophene rings is 2. The van der Waals surface area contributed by atoms with Crippen molar-refractivity contribution in [2.75, 3.05) is 19.6 Å². The molecule has 1 aliphatic heterocycles. The molecule has 1 fully saturated rings. The molecule has 5 nitrogen and oxygen atoms in total. The van der Waals surface area contributed by atoms with E-state index in [2.05, 4.69) is 17.4 Å². The molecular formula is C15H18N3O2S2+. The average Bonchev–Trinajstić information content (AvgIpc) is 3.21. The van der Waals surface area contributed by atoms with Gasteiger partial charge in [-0.25, -0.2) is 4.79 Å². The minimum absolute atomic E-state index is 0.0990. The first-order valence-corrected chi connectivity index (χ1v) is 8.95. The number of carbonyl (C=O) groups excluding carboxylic acids is 2. The van der Waals surface area contributed by atoms with Crippen LogP contribution in [0.4, 0.5) is 4.79 Å². The van der Waals surface area contributed by atoms with Crippen molar-refractivity contribution in [3.8, 4) is 0 Å². The topological polar surface area (TPSA) is 53.9 Å². The smallest absolute Gasteiger partial charge is 0.324 e. The summed E-state index contributed by atoms with van der Waals surface area (Å²) in [5, 5.41) is 6.77. The highest BCUT2D eigenvalue weighted by atomic mass is 32.1. The number of imide groups is 1. The van der Waals surface area contributed by atoms with Crippen molar-refractivity contribution in [2.45, 2.75) is 13.1 Å². The van der Waals surface area contributed by atoms with Crippen LogP contribution in [0, 0.1) is 0 Å². The summed E-state index contributed by atoms with van der Waals surface area (Å²) in [6.45, 7) is 2.97. The van der Waals surface area contributed by atoms with Gasteiger partial charge >= 0.3 is 6.03 Å². The summed E-state index contributed by atoms with van der Waals surface area (Å²) in [5.41, 5.74) is 0. The quantitative estimate of drug-likeness (QED) is 0.825. The highest BCUT2D eigenvalue weighted by molar-refractivity contribution is 7.10. The lowest BCUT2D eigenvalue weighted by Gasteiger charge is -2.20. The first-order valence-electron chi connectivity index (χ1n) is 7.19. The summed E-state index contributed by atoms with van der Waals surface area (Å²) >= 11 is 3.40. The van der Waals surface area contributed by atoms with Crippen LogP contribution in [0.3, 0.4) is 0 Å². The Morgan fingerprint density at radius 2 is 1.82 bits per heavy atom. The highest BCUT2D eigenvalue weighted by Crippen LogP contribution is 2.09. The largest absolute Gasteiger partial charge is 0.336 e. The zero-order valence-corrected chi connectivity index (χ0v) is 13.7. The van der Waals surface area contributed by atoms with Crippen molar-refractivity contribution in [1.29, 1.82) is 0 Å². The van der Waals surface area contributed by atoms with Crippen molar-refractivity contribution < 1.29 is 14.5 Å². The zero-order valence-electron chi connectivity index (χ0n) is 12.1. The van der Waals surface area contributed by atoms with Crippen LogP contribution in [0.15, 0.2) is 35.0 Å². The third-order valence-electron chi connectivity index (χ3n) is 3.57. The number of amides is 3. The summed E-state index contributed by atoms with van der Waals surface area (Å²) in [6, 6.07) is 7.96. The molecule has 0 aromatic carbocycles. The molecule has 1 saturated heterocycles. The molecule has 0 radical (unpaired) electrons. The number of hydrogen-bond acceptors (Lipinski definition) is 4. The Kier molecular flexibility index (Phi) is 4.87. The molecule has 7 heteroatoms. The highest BCUT2D eigenvalue weighted by Gasteiger charge is 2.29. The molecule has 0 unspecified atom stereocenters. The maximum atomic E-state index is 12.4. The molecule has 0 saturated carbocycles. The normalized spacial score (nSPS) is 14.6. The third kappa shape index (κ3) is 3.73. The van der Waals surface area contributed by atoms with Crippen molar-refractivity contribution >= 4 is 34.6 Å². The Morgan fingerprint density at radius 3 is 2.27 bits per heavy atom. The van der Waals surface area contributed by atoms with Gasteiger partial charge in [-0.15, -0.1) is 22.7 Å². The first kappa shape index (κ1) is 15.2. The van der Waals surface area contributed by atoms with Crippen LogP contribution in [-0.2, 0) is 17.9 Å². The van der Waals surface area contributed by atoms with Crippen molar-refractivity contribution in [3.05, 3.63) is 44.8 Å². The van der Waals surface area contributed by atoms with Crippen LogP contribution in [0.25, 0.3) is 0 Å². The van der Waals surface area contributed by atoms with E-state index in [9.17, 15) is 9.59 Å². The fourth-order valence-electron chi connectivity index (χ4n) is 2.53. The molecule has 0 aliphatic carbocycles. The number of carbonyl (C=O) groups is 2. The predicted octanol–water partition coefficient (Wildman–Crippen LogP) is 0.947.